The Hall–Kier alpha value is -1.61. The maximum Gasteiger partial charge on any atom is 0.302 e. The Labute approximate surface area is 113 Å². The van der Waals surface area contributed by atoms with E-state index in [2.05, 4.69) is 6.42 Å². The minimum atomic E-state index is -0.677. The van der Waals surface area contributed by atoms with Crippen LogP contribution in [-0.4, -0.2) is 23.3 Å². The molecule has 1 aromatic rings. The second kappa shape index (κ2) is 6.53. The third kappa shape index (κ3) is 4.21. The van der Waals surface area contributed by atoms with Crippen molar-refractivity contribution in [2.45, 2.75) is 38.4 Å². The number of carbonyl (C=O) groups is 1. The molecule has 2 unspecified atom stereocenters. The Balaban J connectivity index is 2.22. The average molecular weight is 258 g/mol. The first-order valence-corrected chi connectivity index (χ1v) is 6.47. The van der Waals surface area contributed by atoms with E-state index in [1.54, 1.807) is 6.08 Å². The van der Waals surface area contributed by atoms with E-state index in [-0.39, 0.29) is 12.1 Å². The number of aliphatic hydroxyl groups excluding tert-OH is 1. The first-order chi connectivity index (χ1) is 9.15. The minimum absolute atomic E-state index is 0.180. The molecule has 0 saturated carbocycles. The highest BCUT2D eigenvalue weighted by molar-refractivity contribution is 5.66. The maximum absolute atomic E-state index is 11.1. The lowest BCUT2D eigenvalue weighted by molar-refractivity contribution is -0.146. The van der Waals surface area contributed by atoms with Gasteiger partial charge in [-0.25, -0.2) is 0 Å². The summed E-state index contributed by atoms with van der Waals surface area (Å²) in [5.74, 6) is -0.272. The van der Waals surface area contributed by atoms with Gasteiger partial charge in [-0.1, -0.05) is 36.4 Å². The van der Waals surface area contributed by atoms with Crippen LogP contribution in [0.25, 0.3) is 0 Å². The van der Waals surface area contributed by atoms with Gasteiger partial charge in [-0.3, -0.25) is 4.79 Å². The SMILES string of the molecule is CC(=O)OC1C/C=C\C(O)[C]Cc2ccccc2C1. The van der Waals surface area contributed by atoms with Gasteiger partial charge in [0.2, 0.25) is 0 Å². The molecule has 1 aliphatic carbocycles. The van der Waals surface area contributed by atoms with Crippen LogP contribution in [0.1, 0.15) is 24.5 Å². The zero-order valence-electron chi connectivity index (χ0n) is 11.0. The zero-order chi connectivity index (χ0) is 13.7. The molecule has 0 aliphatic heterocycles. The van der Waals surface area contributed by atoms with E-state index in [0.717, 1.165) is 11.1 Å². The zero-order valence-corrected chi connectivity index (χ0v) is 11.0. The van der Waals surface area contributed by atoms with Crippen LogP contribution in [-0.2, 0) is 22.4 Å². The Morgan fingerprint density at radius 1 is 1.37 bits per heavy atom. The molecule has 3 nitrogen and oxygen atoms in total. The molecule has 1 aromatic carbocycles. The lowest BCUT2D eigenvalue weighted by Gasteiger charge is -2.19. The molecule has 0 saturated heterocycles. The second-order valence-electron chi connectivity index (χ2n) is 4.69. The second-order valence-corrected chi connectivity index (χ2v) is 4.69. The standard InChI is InChI=1S/C16H18O3/c1-12(17)19-16-8-4-7-15(18)10-9-13-5-2-3-6-14(13)11-16/h2-7,15-16,18H,8-9,11H2,1H3/b7-4-. The molecule has 2 rings (SSSR count). The fourth-order valence-corrected chi connectivity index (χ4v) is 2.22. The molecule has 3 heteroatoms. The normalized spacial score (nSPS) is 25.2. The van der Waals surface area contributed by atoms with Crippen LogP contribution in [0.5, 0.6) is 0 Å². The van der Waals surface area contributed by atoms with Gasteiger partial charge in [-0.05, 0) is 17.5 Å². The highest BCUT2D eigenvalue weighted by atomic mass is 16.5. The number of benzene rings is 1. The molecule has 0 heterocycles. The van der Waals surface area contributed by atoms with Crippen molar-refractivity contribution in [1.29, 1.82) is 0 Å². The van der Waals surface area contributed by atoms with Crippen LogP contribution < -0.4 is 0 Å². The number of esters is 1. The van der Waals surface area contributed by atoms with E-state index < -0.39 is 6.10 Å². The molecule has 19 heavy (non-hydrogen) atoms. The molecule has 0 bridgehead atoms. The number of aliphatic hydroxyl groups is 1. The summed E-state index contributed by atoms with van der Waals surface area (Å²) in [5, 5.41) is 9.72. The third-order valence-corrected chi connectivity index (χ3v) is 3.12. The number of fused-ring (bicyclic) bond motifs is 1. The molecule has 0 aromatic heterocycles. The van der Waals surface area contributed by atoms with Crippen LogP contribution in [0, 0.1) is 6.42 Å². The molecule has 2 radical (unpaired) electrons. The molecule has 1 aliphatic rings. The van der Waals surface area contributed by atoms with Crippen molar-refractivity contribution in [3.05, 3.63) is 54.0 Å². The predicted octanol–water partition coefficient (Wildman–Crippen LogP) is 2.11. The van der Waals surface area contributed by atoms with Crippen molar-refractivity contribution in [3.8, 4) is 0 Å². The quantitative estimate of drug-likeness (QED) is 0.620. The topological polar surface area (TPSA) is 46.5 Å². The van der Waals surface area contributed by atoms with Crippen molar-refractivity contribution >= 4 is 5.97 Å². The van der Waals surface area contributed by atoms with Gasteiger partial charge in [0.25, 0.3) is 0 Å². The van der Waals surface area contributed by atoms with E-state index in [9.17, 15) is 9.90 Å². The van der Waals surface area contributed by atoms with Crippen LogP contribution in [0.4, 0.5) is 0 Å². The van der Waals surface area contributed by atoms with Crippen LogP contribution in [0.15, 0.2) is 36.4 Å². The first-order valence-electron chi connectivity index (χ1n) is 6.47. The van der Waals surface area contributed by atoms with Gasteiger partial charge in [-0.2, -0.15) is 0 Å². The molecular formula is C16H18O3. The van der Waals surface area contributed by atoms with Gasteiger partial charge in [0.15, 0.2) is 0 Å². The average Bonchev–Trinajstić information content (AvgIpc) is 2.36. The van der Waals surface area contributed by atoms with Crippen molar-refractivity contribution in [2.24, 2.45) is 0 Å². The Kier molecular flexibility index (Phi) is 4.74. The predicted molar refractivity (Wildman–Crippen MR) is 72.4 cm³/mol. The van der Waals surface area contributed by atoms with E-state index in [1.807, 2.05) is 30.3 Å². The van der Waals surface area contributed by atoms with Gasteiger partial charge in [0, 0.05) is 26.2 Å². The van der Waals surface area contributed by atoms with Gasteiger partial charge in [-0.15, -0.1) is 0 Å². The summed E-state index contributed by atoms with van der Waals surface area (Å²) >= 11 is 0. The Bertz CT molecular complexity index is 465. The largest absolute Gasteiger partial charge is 0.462 e. The van der Waals surface area contributed by atoms with Crippen molar-refractivity contribution < 1.29 is 14.6 Å². The van der Waals surface area contributed by atoms with Crippen molar-refractivity contribution in [2.75, 3.05) is 0 Å². The maximum atomic E-state index is 11.1. The summed E-state index contributed by atoms with van der Waals surface area (Å²) in [6.07, 6.45) is 7.59. The summed E-state index contributed by atoms with van der Waals surface area (Å²) in [7, 11) is 0. The lowest BCUT2D eigenvalue weighted by Crippen LogP contribution is -2.20. The van der Waals surface area contributed by atoms with Crippen LogP contribution in [0.3, 0.4) is 0 Å². The number of hydrogen-bond donors (Lipinski definition) is 1. The summed E-state index contributed by atoms with van der Waals surface area (Å²) in [5.41, 5.74) is 2.26. The van der Waals surface area contributed by atoms with E-state index in [0.29, 0.717) is 19.3 Å². The van der Waals surface area contributed by atoms with E-state index in [1.165, 1.54) is 6.92 Å². The highest BCUT2D eigenvalue weighted by Gasteiger charge is 2.16. The van der Waals surface area contributed by atoms with E-state index in [4.69, 9.17) is 4.74 Å². The van der Waals surface area contributed by atoms with Crippen LogP contribution >= 0.6 is 0 Å². The van der Waals surface area contributed by atoms with Crippen LogP contribution in [0.2, 0.25) is 0 Å². The summed E-state index contributed by atoms with van der Waals surface area (Å²) in [6.45, 7) is 1.42. The highest BCUT2D eigenvalue weighted by Crippen LogP contribution is 2.18. The number of hydrogen-bond acceptors (Lipinski definition) is 3. The van der Waals surface area contributed by atoms with Crippen molar-refractivity contribution in [1.82, 2.24) is 0 Å². The monoisotopic (exact) mass is 258 g/mol. The third-order valence-electron chi connectivity index (χ3n) is 3.12. The molecule has 100 valence electrons. The minimum Gasteiger partial charge on any atom is -0.462 e. The molecule has 2 atom stereocenters. The van der Waals surface area contributed by atoms with Gasteiger partial charge in [0.05, 0.1) is 6.10 Å². The Morgan fingerprint density at radius 3 is 2.84 bits per heavy atom. The summed E-state index contributed by atoms with van der Waals surface area (Å²) in [6, 6.07) is 7.99. The van der Waals surface area contributed by atoms with Gasteiger partial charge < -0.3 is 9.84 Å². The molecule has 0 fully saturated rings. The first kappa shape index (κ1) is 13.8. The van der Waals surface area contributed by atoms with Gasteiger partial charge >= 0.3 is 5.97 Å². The smallest absolute Gasteiger partial charge is 0.302 e. The fraction of sp³-hybridized carbons (Fsp3) is 0.375. The Morgan fingerprint density at radius 2 is 2.11 bits per heavy atom. The molecule has 1 N–H and O–H groups in total. The summed E-state index contributed by atoms with van der Waals surface area (Å²) in [4.78, 5) is 11.1. The number of rotatable bonds is 1. The molecular weight excluding hydrogens is 240 g/mol. The summed E-state index contributed by atoms with van der Waals surface area (Å²) < 4.78 is 5.32. The lowest BCUT2D eigenvalue weighted by atomic mass is 9.94. The molecule has 0 spiro atoms. The fourth-order valence-electron chi connectivity index (χ4n) is 2.22. The van der Waals surface area contributed by atoms with Gasteiger partial charge in [0.1, 0.15) is 6.10 Å². The number of carbonyl (C=O) groups excluding carboxylic acids is 1. The number of ether oxygens (including phenoxy) is 1. The van der Waals surface area contributed by atoms with E-state index >= 15 is 0 Å². The molecule has 0 amide bonds. The van der Waals surface area contributed by atoms with Crippen molar-refractivity contribution in [3.63, 3.8) is 0 Å².